The van der Waals surface area contributed by atoms with Crippen molar-refractivity contribution >= 4 is 33.9 Å². The van der Waals surface area contributed by atoms with Crippen LogP contribution in [0.4, 0.5) is 18.9 Å². The molecule has 1 aromatic heterocycles. The van der Waals surface area contributed by atoms with Crippen LogP contribution in [0.3, 0.4) is 0 Å². The van der Waals surface area contributed by atoms with Gasteiger partial charge in [0.1, 0.15) is 0 Å². The molecule has 0 aliphatic carbocycles. The summed E-state index contributed by atoms with van der Waals surface area (Å²) in [5.41, 5.74) is 1.84. The molecule has 0 saturated carbocycles. The predicted molar refractivity (Wildman–Crippen MR) is 137 cm³/mol. The lowest BCUT2D eigenvalue weighted by atomic mass is 9.73. The number of nitrogens with one attached hydrogen (secondary N) is 2. The Morgan fingerprint density at radius 2 is 1.91 bits per heavy atom. The molecular formula is C27H27F3N4S. The molecule has 4 heterocycles. The first-order chi connectivity index (χ1) is 16.8. The van der Waals surface area contributed by atoms with Crippen molar-refractivity contribution in [3.05, 3.63) is 84.6 Å². The SMILES string of the molecule is C=C[C@H]1CN2CC[C@H]1C[C@@H]2[C@@H](NC(=S)Nc1ccc(C(F)(F)F)cc1)c1ccnc2ccccc12. The molecule has 2 bridgehead atoms. The first kappa shape index (κ1) is 23.8. The van der Waals surface area contributed by atoms with Gasteiger partial charge in [-0.05, 0) is 85.4 Å². The first-order valence-electron chi connectivity index (χ1n) is 11.8. The second-order valence-electron chi connectivity index (χ2n) is 9.31. The lowest BCUT2D eigenvalue weighted by Crippen LogP contribution is -2.57. The standard InChI is InChI=1S/C27H27F3N4S/c1-2-17-16-34-14-12-18(17)15-24(34)25(22-11-13-31-23-6-4-3-5-21(22)23)33-26(35)32-20-9-7-19(8-10-20)27(28,29)30/h2-11,13,17-18,24-25H,1,12,14-16H2,(H2,32,33,35)/t17-,18-,24+,25-/m0/s1. The van der Waals surface area contributed by atoms with Crippen LogP contribution in [0, 0.1) is 11.8 Å². The number of thiocarbonyl (C=S) groups is 1. The van der Waals surface area contributed by atoms with E-state index in [1.807, 2.05) is 30.5 Å². The van der Waals surface area contributed by atoms with Crippen LogP contribution in [0.2, 0.25) is 0 Å². The fraction of sp³-hybridized carbons (Fsp3) is 0.333. The highest BCUT2D eigenvalue weighted by molar-refractivity contribution is 7.80. The number of pyridine rings is 1. The zero-order valence-corrected chi connectivity index (χ0v) is 19.9. The average Bonchev–Trinajstić information content (AvgIpc) is 2.87. The smallest absolute Gasteiger partial charge is 0.354 e. The molecule has 3 saturated heterocycles. The average molecular weight is 497 g/mol. The van der Waals surface area contributed by atoms with E-state index >= 15 is 0 Å². The lowest BCUT2D eigenvalue weighted by molar-refractivity contribution is -0.137. The van der Waals surface area contributed by atoms with Crippen molar-refractivity contribution in [3.63, 3.8) is 0 Å². The van der Waals surface area contributed by atoms with E-state index in [9.17, 15) is 13.2 Å². The van der Waals surface area contributed by atoms with E-state index in [1.54, 1.807) is 0 Å². The van der Waals surface area contributed by atoms with Crippen LogP contribution in [0.25, 0.3) is 10.9 Å². The van der Waals surface area contributed by atoms with Gasteiger partial charge in [0, 0.05) is 29.9 Å². The number of hydrogen-bond donors (Lipinski definition) is 2. The van der Waals surface area contributed by atoms with Crippen molar-refractivity contribution in [2.75, 3.05) is 18.4 Å². The van der Waals surface area contributed by atoms with Crippen molar-refractivity contribution in [2.45, 2.75) is 31.1 Å². The maximum Gasteiger partial charge on any atom is 0.416 e. The number of aromatic nitrogens is 1. The third-order valence-electron chi connectivity index (χ3n) is 7.31. The molecule has 3 fully saturated rings. The van der Waals surface area contributed by atoms with E-state index in [0.717, 1.165) is 54.5 Å². The highest BCUT2D eigenvalue weighted by Gasteiger charge is 2.43. The molecule has 3 aliphatic heterocycles. The molecule has 1 unspecified atom stereocenters. The number of para-hydroxylation sites is 1. The van der Waals surface area contributed by atoms with Crippen molar-refractivity contribution in [3.8, 4) is 0 Å². The van der Waals surface area contributed by atoms with Crippen LogP contribution in [0.1, 0.15) is 30.0 Å². The summed E-state index contributed by atoms with van der Waals surface area (Å²) in [4.78, 5) is 7.04. The molecule has 35 heavy (non-hydrogen) atoms. The minimum absolute atomic E-state index is 0.106. The van der Waals surface area contributed by atoms with Crippen LogP contribution in [-0.2, 0) is 6.18 Å². The number of alkyl halides is 3. The largest absolute Gasteiger partial charge is 0.416 e. The molecule has 3 aliphatic rings. The highest BCUT2D eigenvalue weighted by atomic mass is 32.1. The number of fused-ring (bicyclic) bond motifs is 4. The van der Waals surface area contributed by atoms with Gasteiger partial charge in [0.2, 0.25) is 0 Å². The fourth-order valence-electron chi connectivity index (χ4n) is 5.55. The maximum atomic E-state index is 12.9. The predicted octanol–water partition coefficient (Wildman–Crippen LogP) is 6.18. The normalized spacial score (nSPS) is 24.7. The van der Waals surface area contributed by atoms with Gasteiger partial charge in [-0.25, -0.2) is 0 Å². The van der Waals surface area contributed by atoms with Gasteiger partial charge in [-0.1, -0.05) is 24.3 Å². The summed E-state index contributed by atoms with van der Waals surface area (Å²) in [6.45, 7) is 6.04. The summed E-state index contributed by atoms with van der Waals surface area (Å²) in [7, 11) is 0. The summed E-state index contributed by atoms with van der Waals surface area (Å²) < 4.78 is 38.8. The number of nitrogens with zero attached hydrogens (tertiary/aromatic N) is 2. The van der Waals surface area contributed by atoms with Gasteiger partial charge < -0.3 is 10.6 Å². The van der Waals surface area contributed by atoms with E-state index in [2.05, 4.69) is 39.2 Å². The maximum absolute atomic E-state index is 12.9. The Bertz CT molecular complexity index is 1220. The van der Waals surface area contributed by atoms with Crippen LogP contribution >= 0.6 is 12.2 Å². The minimum atomic E-state index is -4.37. The van der Waals surface area contributed by atoms with Crippen LogP contribution in [-0.4, -0.2) is 34.1 Å². The van der Waals surface area contributed by atoms with Crippen LogP contribution in [0.15, 0.2) is 73.4 Å². The number of halogens is 3. The Kier molecular flexibility index (Phi) is 6.51. The molecule has 8 heteroatoms. The van der Waals surface area contributed by atoms with Crippen molar-refractivity contribution < 1.29 is 13.2 Å². The molecule has 5 atom stereocenters. The summed E-state index contributed by atoms with van der Waals surface area (Å²) in [6, 6.07) is 15.1. The summed E-state index contributed by atoms with van der Waals surface area (Å²) in [5, 5.41) is 8.02. The number of benzene rings is 2. The van der Waals surface area contributed by atoms with Gasteiger partial charge in [0.05, 0.1) is 17.1 Å². The zero-order valence-electron chi connectivity index (χ0n) is 19.1. The van der Waals surface area contributed by atoms with Gasteiger partial charge in [-0.3, -0.25) is 9.88 Å². The Balaban J connectivity index is 1.43. The van der Waals surface area contributed by atoms with E-state index in [4.69, 9.17) is 12.2 Å². The summed E-state index contributed by atoms with van der Waals surface area (Å²) >= 11 is 5.65. The van der Waals surface area contributed by atoms with Crippen molar-refractivity contribution in [2.24, 2.45) is 11.8 Å². The zero-order chi connectivity index (χ0) is 24.6. The Hall–Kier alpha value is -2.97. The monoisotopic (exact) mass is 496 g/mol. The molecule has 2 aromatic carbocycles. The quantitative estimate of drug-likeness (QED) is 0.326. The van der Waals surface area contributed by atoms with E-state index < -0.39 is 11.7 Å². The van der Waals surface area contributed by atoms with Crippen LogP contribution < -0.4 is 10.6 Å². The van der Waals surface area contributed by atoms with Gasteiger partial charge in [-0.2, -0.15) is 13.2 Å². The van der Waals surface area contributed by atoms with Gasteiger partial charge in [0.25, 0.3) is 0 Å². The lowest BCUT2D eigenvalue weighted by Gasteiger charge is -2.52. The number of rotatable bonds is 5. The molecule has 182 valence electrons. The molecule has 0 amide bonds. The second kappa shape index (κ2) is 9.59. The van der Waals surface area contributed by atoms with Crippen molar-refractivity contribution in [1.82, 2.24) is 15.2 Å². The molecule has 2 N–H and O–H groups in total. The third kappa shape index (κ3) is 4.90. The van der Waals surface area contributed by atoms with Gasteiger partial charge >= 0.3 is 6.18 Å². The van der Waals surface area contributed by atoms with Crippen LogP contribution in [0.5, 0.6) is 0 Å². The number of hydrogen-bond acceptors (Lipinski definition) is 3. The molecule has 4 nitrogen and oxygen atoms in total. The molecular weight excluding hydrogens is 469 g/mol. The Labute approximate surface area is 208 Å². The topological polar surface area (TPSA) is 40.2 Å². The van der Waals surface area contributed by atoms with E-state index in [0.29, 0.717) is 22.6 Å². The van der Waals surface area contributed by atoms with Gasteiger partial charge in [0.15, 0.2) is 5.11 Å². The molecule has 0 spiro atoms. The summed E-state index contributed by atoms with van der Waals surface area (Å²) in [5.74, 6) is 1.07. The third-order valence-corrected chi connectivity index (χ3v) is 7.53. The first-order valence-corrected chi connectivity index (χ1v) is 12.2. The number of piperidine rings is 3. The van der Waals surface area contributed by atoms with Gasteiger partial charge in [-0.15, -0.1) is 6.58 Å². The van der Waals surface area contributed by atoms with E-state index in [-0.39, 0.29) is 12.1 Å². The molecule has 0 radical (unpaired) electrons. The Morgan fingerprint density at radius 3 is 2.60 bits per heavy atom. The summed E-state index contributed by atoms with van der Waals surface area (Å²) in [6.07, 6.45) is 1.71. The molecule has 6 rings (SSSR count). The van der Waals surface area contributed by atoms with Crippen molar-refractivity contribution in [1.29, 1.82) is 0 Å². The molecule has 3 aromatic rings. The minimum Gasteiger partial charge on any atom is -0.354 e. The highest BCUT2D eigenvalue weighted by Crippen LogP contribution is 2.42. The fourth-order valence-corrected chi connectivity index (χ4v) is 5.79. The number of anilines is 1. The second-order valence-corrected chi connectivity index (χ2v) is 9.72. The van der Waals surface area contributed by atoms with E-state index in [1.165, 1.54) is 12.1 Å². The Morgan fingerprint density at radius 1 is 1.14 bits per heavy atom.